The molecule has 4 heteroatoms. The summed E-state index contributed by atoms with van der Waals surface area (Å²) in [6, 6.07) is 3.50. The highest BCUT2D eigenvalue weighted by molar-refractivity contribution is 6.42. The Morgan fingerprint density at radius 3 is 2.50 bits per heavy atom. The predicted octanol–water partition coefficient (Wildman–Crippen LogP) is 3.71. The Morgan fingerprint density at radius 2 is 1.88 bits per heavy atom. The molecule has 0 radical (unpaired) electrons. The Bertz CT molecular complexity index is 616. The minimum atomic E-state index is -0.0669. The van der Waals surface area contributed by atoms with Gasteiger partial charge < -0.3 is 4.98 Å². The molecular formula is C12H11Cl2NO. The van der Waals surface area contributed by atoms with E-state index in [0.717, 1.165) is 28.5 Å². The van der Waals surface area contributed by atoms with E-state index in [9.17, 15) is 4.79 Å². The molecule has 0 atom stereocenters. The smallest absolute Gasteiger partial charge is 0.251 e. The molecule has 1 N–H and O–H groups in total. The number of rotatable bonds is 1. The minimum Gasteiger partial charge on any atom is -0.322 e. The quantitative estimate of drug-likeness (QED) is 0.828. The Kier molecular flexibility index (Phi) is 2.96. The molecule has 0 saturated carbocycles. The lowest BCUT2D eigenvalue weighted by atomic mass is 10.0. The summed E-state index contributed by atoms with van der Waals surface area (Å²) in [4.78, 5) is 14.5. The van der Waals surface area contributed by atoms with Gasteiger partial charge in [0.25, 0.3) is 5.56 Å². The number of H-pyrrole nitrogens is 1. The fourth-order valence-corrected chi connectivity index (χ4v) is 2.24. The van der Waals surface area contributed by atoms with Crippen LogP contribution < -0.4 is 5.56 Å². The van der Waals surface area contributed by atoms with Crippen LogP contribution in [0, 0.1) is 6.92 Å². The average molecular weight is 256 g/mol. The van der Waals surface area contributed by atoms with Crippen molar-refractivity contribution in [3.63, 3.8) is 0 Å². The summed E-state index contributed by atoms with van der Waals surface area (Å²) in [5, 5.41) is 1.93. The summed E-state index contributed by atoms with van der Waals surface area (Å²) < 4.78 is 0. The Balaban J connectivity index is 2.97. The monoisotopic (exact) mass is 255 g/mol. The van der Waals surface area contributed by atoms with Crippen molar-refractivity contribution in [2.24, 2.45) is 0 Å². The molecule has 0 spiro atoms. The summed E-state index contributed by atoms with van der Waals surface area (Å²) >= 11 is 11.9. The van der Waals surface area contributed by atoms with Gasteiger partial charge in [-0.25, -0.2) is 0 Å². The highest BCUT2D eigenvalue weighted by atomic mass is 35.5. The van der Waals surface area contributed by atoms with E-state index >= 15 is 0 Å². The summed E-state index contributed by atoms with van der Waals surface area (Å²) in [5.41, 5.74) is 2.44. The number of pyridine rings is 1. The molecule has 1 aromatic heterocycles. The second-order valence-corrected chi connectivity index (χ2v) is 4.54. The summed E-state index contributed by atoms with van der Waals surface area (Å²) in [6.45, 7) is 3.84. The van der Waals surface area contributed by atoms with Gasteiger partial charge in [-0.15, -0.1) is 0 Å². The van der Waals surface area contributed by atoms with Crippen LogP contribution in [0.4, 0.5) is 0 Å². The molecule has 0 unspecified atom stereocenters. The highest BCUT2D eigenvalue weighted by Gasteiger charge is 2.09. The third-order valence-electron chi connectivity index (χ3n) is 2.78. The summed E-state index contributed by atoms with van der Waals surface area (Å²) in [7, 11) is 0. The Labute approximate surface area is 103 Å². The van der Waals surface area contributed by atoms with E-state index in [1.165, 1.54) is 0 Å². The van der Waals surface area contributed by atoms with E-state index in [2.05, 4.69) is 4.98 Å². The van der Waals surface area contributed by atoms with Crippen LogP contribution >= 0.6 is 23.2 Å². The van der Waals surface area contributed by atoms with Crippen molar-refractivity contribution in [3.8, 4) is 0 Å². The lowest BCUT2D eigenvalue weighted by Crippen LogP contribution is -2.12. The molecule has 0 aliphatic carbocycles. The van der Waals surface area contributed by atoms with E-state index in [4.69, 9.17) is 23.2 Å². The number of nitrogens with one attached hydrogen (secondary N) is 1. The number of hydrogen-bond acceptors (Lipinski definition) is 1. The van der Waals surface area contributed by atoms with Crippen LogP contribution in [0.2, 0.25) is 10.0 Å². The van der Waals surface area contributed by atoms with Gasteiger partial charge in [-0.05, 0) is 31.0 Å². The molecule has 2 rings (SSSR count). The lowest BCUT2D eigenvalue weighted by Gasteiger charge is -2.08. The Morgan fingerprint density at radius 1 is 1.25 bits per heavy atom. The standard InChI is InChI=1S/C12H11Cl2NO/c1-3-7-6(2)12(16)15-11-5-10(14)9(13)4-8(7)11/h4-5H,3H2,1-2H3,(H,15,16). The Hall–Kier alpha value is -0.990. The van der Waals surface area contributed by atoms with E-state index in [0.29, 0.717) is 10.0 Å². The van der Waals surface area contributed by atoms with Gasteiger partial charge in [-0.2, -0.15) is 0 Å². The zero-order chi connectivity index (χ0) is 11.9. The molecule has 2 aromatic rings. The number of aromatic amines is 1. The highest BCUT2D eigenvalue weighted by Crippen LogP contribution is 2.29. The predicted molar refractivity (Wildman–Crippen MR) is 68.7 cm³/mol. The van der Waals surface area contributed by atoms with Crippen molar-refractivity contribution in [2.45, 2.75) is 20.3 Å². The SMILES string of the molecule is CCc1c(C)c(=O)[nH]c2cc(Cl)c(Cl)cc12. The molecule has 16 heavy (non-hydrogen) atoms. The van der Waals surface area contributed by atoms with E-state index in [1.54, 1.807) is 12.1 Å². The second kappa shape index (κ2) is 4.11. The first-order chi connectivity index (χ1) is 7.54. The van der Waals surface area contributed by atoms with E-state index in [-0.39, 0.29) is 5.56 Å². The van der Waals surface area contributed by atoms with Gasteiger partial charge in [0.05, 0.1) is 15.6 Å². The fourth-order valence-electron chi connectivity index (χ4n) is 1.91. The van der Waals surface area contributed by atoms with Crippen LogP contribution in [0.1, 0.15) is 18.1 Å². The maximum absolute atomic E-state index is 11.7. The number of aryl methyl sites for hydroxylation is 1. The molecule has 1 heterocycles. The largest absolute Gasteiger partial charge is 0.322 e. The van der Waals surface area contributed by atoms with Crippen LogP contribution in [0.5, 0.6) is 0 Å². The van der Waals surface area contributed by atoms with Crippen LogP contribution in [-0.4, -0.2) is 4.98 Å². The zero-order valence-corrected chi connectivity index (χ0v) is 10.5. The maximum atomic E-state index is 11.7. The molecule has 2 nitrogen and oxygen atoms in total. The van der Waals surface area contributed by atoms with Crippen LogP contribution in [0.15, 0.2) is 16.9 Å². The van der Waals surface area contributed by atoms with E-state index < -0.39 is 0 Å². The van der Waals surface area contributed by atoms with Gasteiger partial charge in [0.2, 0.25) is 0 Å². The first-order valence-electron chi connectivity index (χ1n) is 5.05. The van der Waals surface area contributed by atoms with Gasteiger partial charge in [0, 0.05) is 10.9 Å². The number of hydrogen-bond donors (Lipinski definition) is 1. The van der Waals surface area contributed by atoms with Gasteiger partial charge in [0.15, 0.2) is 0 Å². The number of aromatic nitrogens is 1. The molecule has 0 amide bonds. The number of fused-ring (bicyclic) bond motifs is 1. The van der Waals surface area contributed by atoms with Gasteiger partial charge in [-0.3, -0.25) is 4.79 Å². The fraction of sp³-hybridized carbons (Fsp3) is 0.250. The zero-order valence-electron chi connectivity index (χ0n) is 9.03. The van der Waals surface area contributed by atoms with Crippen LogP contribution in [-0.2, 0) is 6.42 Å². The molecule has 0 aliphatic heterocycles. The normalized spacial score (nSPS) is 11.0. The van der Waals surface area contributed by atoms with Gasteiger partial charge in [-0.1, -0.05) is 30.1 Å². The van der Waals surface area contributed by atoms with Crippen LogP contribution in [0.3, 0.4) is 0 Å². The molecule has 0 bridgehead atoms. The number of halogens is 2. The van der Waals surface area contributed by atoms with Gasteiger partial charge >= 0.3 is 0 Å². The average Bonchev–Trinajstić information content (AvgIpc) is 2.24. The molecule has 0 aliphatic rings. The summed E-state index contributed by atoms with van der Waals surface area (Å²) in [5.74, 6) is 0. The minimum absolute atomic E-state index is 0.0669. The number of benzene rings is 1. The molecule has 0 saturated heterocycles. The lowest BCUT2D eigenvalue weighted by molar-refractivity contribution is 1.09. The second-order valence-electron chi connectivity index (χ2n) is 3.72. The van der Waals surface area contributed by atoms with Crippen molar-refractivity contribution < 1.29 is 0 Å². The van der Waals surface area contributed by atoms with Crippen molar-refractivity contribution in [2.75, 3.05) is 0 Å². The van der Waals surface area contributed by atoms with Crippen molar-refractivity contribution >= 4 is 34.1 Å². The first-order valence-corrected chi connectivity index (χ1v) is 5.80. The van der Waals surface area contributed by atoms with Crippen molar-refractivity contribution in [1.29, 1.82) is 0 Å². The molecule has 1 aromatic carbocycles. The van der Waals surface area contributed by atoms with Crippen molar-refractivity contribution in [3.05, 3.63) is 43.7 Å². The molecule has 84 valence electrons. The third-order valence-corrected chi connectivity index (χ3v) is 3.50. The maximum Gasteiger partial charge on any atom is 0.251 e. The van der Waals surface area contributed by atoms with Crippen molar-refractivity contribution in [1.82, 2.24) is 4.98 Å². The first kappa shape index (κ1) is 11.5. The molecule has 0 fully saturated rings. The van der Waals surface area contributed by atoms with Gasteiger partial charge in [0.1, 0.15) is 0 Å². The topological polar surface area (TPSA) is 32.9 Å². The van der Waals surface area contributed by atoms with Crippen LogP contribution in [0.25, 0.3) is 10.9 Å². The summed E-state index contributed by atoms with van der Waals surface area (Å²) in [6.07, 6.45) is 0.796. The molecular weight excluding hydrogens is 245 g/mol. The van der Waals surface area contributed by atoms with E-state index in [1.807, 2.05) is 13.8 Å². The third kappa shape index (κ3) is 1.72.